The van der Waals surface area contributed by atoms with E-state index in [1.807, 2.05) is 25.3 Å². The minimum atomic E-state index is 0.556. The number of pyridine rings is 1. The van der Waals surface area contributed by atoms with Gasteiger partial charge in [-0.05, 0) is 86.2 Å². The van der Waals surface area contributed by atoms with Crippen molar-refractivity contribution in [1.29, 1.82) is 0 Å². The van der Waals surface area contributed by atoms with E-state index >= 15 is 0 Å². The zero-order valence-corrected chi connectivity index (χ0v) is 22.5. The van der Waals surface area contributed by atoms with Gasteiger partial charge in [0.2, 0.25) is 0 Å². The molecule has 3 N–H and O–H groups in total. The number of aromatic nitrogens is 5. The van der Waals surface area contributed by atoms with Crippen LogP contribution in [0.4, 0.5) is 0 Å². The van der Waals surface area contributed by atoms with Crippen molar-refractivity contribution in [3.8, 4) is 22.1 Å². The van der Waals surface area contributed by atoms with Crippen molar-refractivity contribution in [2.75, 3.05) is 0 Å². The number of benzene rings is 1. The second kappa shape index (κ2) is 9.91. The maximum Gasteiger partial charge on any atom is 0.159 e. The molecule has 38 heavy (non-hydrogen) atoms. The second-order valence-electron chi connectivity index (χ2n) is 9.71. The number of aromatic amines is 2. The normalized spacial score (nSPS) is 14.7. The molecule has 0 aliphatic heterocycles. The van der Waals surface area contributed by atoms with Gasteiger partial charge in [0.25, 0.3) is 0 Å². The van der Waals surface area contributed by atoms with Crippen LogP contribution in [-0.4, -0.2) is 25.1 Å². The molecule has 0 saturated heterocycles. The van der Waals surface area contributed by atoms with Gasteiger partial charge in [0, 0.05) is 27.9 Å². The first-order chi connectivity index (χ1) is 18.5. The minimum absolute atomic E-state index is 0.556. The molecule has 0 amide bonds. The van der Waals surface area contributed by atoms with Crippen molar-refractivity contribution in [2.45, 2.75) is 33.1 Å². The lowest BCUT2D eigenvalue weighted by Crippen LogP contribution is -2.23. The molecule has 0 unspecified atom stereocenters. The molecule has 1 aliphatic rings. The van der Waals surface area contributed by atoms with Gasteiger partial charge in [-0.3, -0.25) is 10.1 Å². The summed E-state index contributed by atoms with van der Waals surface area (Å²) >= 11 is 1.72. The Bertz CT molecular complexity index is 1740. The molecule has 5 aromatic rings. The van der Waals surface area contributed by atoms with E-state index in [0.29, 0.717) is 11.7 Å². The van der Waals surface area contributed by atoms with Crippen LogP contribution in [0, 0.1) is 12.8 Å². The first-order valence-electron chi connectivity index (χ1n) is 12.9. The fraction of sp³-hybridized carbons (Fsp3) is 0.194. The van der Waals surface area contributed by atoms with Crippen LogP contribution < -0.4 is 5.32 Å². The predicted octanol–water partition coefficient (Wildman–Crippen LogP) is 7.91. The van der Waals surface area contributed by atoms with Crippen LogP contribution in [0.1, 0.15) is 36.6 Å². The third kappa shape index (κ3) is 4.39. The fourth-order valence-electron chi connectivity index (χ4n) is 4.85. The molecule has 0 spiro atoms. The Hall–Kier alpha value is -4.23. The maximum absolute atomic E-state index is 4.96. The van der Waals surface area contributed by atoms with Crippen LogP contribution in [0.15, 0.2) is 85.4 Å². The molecule has 6 rings (SSSR count). The number of imidazole rings is 1. The molecule has 1 fully saturated rings. The number of nitrogens with zero attached hydrogens (tertiary/aromatic N) is 3. The number of hydrogen-bond donors (Lipinski definition) is 3. The SMILES string of the molecule is C=C/C(=C\C(=C/C)c1ccc2[nH]nc(-c3nc4c(-c5ccc(C)s5)nccc4[nH]3)c2c1)NC(=C)C1CCC1. The molecule has 0 atom stereocenters. The van der Waals surface area contributed by atoms with Crippen LogP contribution >= 0.6 is 11.3 Å². The first-order valence-corrected chi connectivity index (χ1v) is 13.7. The van der Waals surface area contributed by atoms with Gasteiger partial charge >= 0.3 is 0 Å². The Morgan fingerprint density at radius 2 is 2.00 bits per heavy atom. The molecule has 6 nitrogen and oxygen atoms in total. The number of nitrogens with one attached hydrogen (secondary N) is 3. The number of rotatable bonds is 8. The zero-order valence-electron chi connectivity index (χ0n) is 21.6. The van der Waals surface area contributed by atoms with Gasteiger partial charge in [-0.15, -0.1) is 11.3 Å². The molecule has 7 heteroatoms. The highest BCUT2D eigenvalue weighted by atomic mass is 32.1. The number of allylic oxidation sites excluding steroid dienone is 5. The average molecular weight is 519 g/mol. The molecule has 4 aromatic heterocycles. The second-order valence-corrected chi connectivity index (χ2v) is 11.0. The van der Waals surface area contributed by atoms with Gasteiger partial charge in [0.15, 0.2) is 5.82 Å². The average Bonchev–Trinajstić information content (AvgIpc) is 3.62. The molecule has 4 heterocycles. The van der Waals surface area contributed by atoms with Gasteiger partial charge < -0.3 is 10.3 Å². The third-order valence-corrected chi connectivity index (χ3v) is 8.25. The lowest BCUT2D eigenvalue weighted by molar-refractivity contribution is 0.356. The molecule has 0 bridgehead atoms. The van der Waals surface area contributed by atoms with E-state index in [0.717, 1.165) is 60.7 Å². The number of hydrogen-bond acceptors (Lipinski definition) is 5. The van der Waals surface area contributed by atoms with Crippen molar-refractivity contribution in [2.24, 2.45) is 5.92 Å². The Morgan fingerprint density at radius 3 is 2.71 bits per heavy atom. The molecule has 1 aliphatic carbocycles. The van der Waals surface area contributed by atoms with E-state index in [2.05, 4.69) is 88.0 Å². The van der Waals surface area contributed by atoms with Crippen molar-refractivity contribution in [1.82, 2.24) is 30.5 Å². The molecular weight excluding hydrogens is 488 g/mol. The number of H-pyrrole nitrogens is 2. The molecule has 0 radical (unpaired) electrons. The van der Waals surface area contributed by atoms with Crippen molar-refractivity contribution >= 4 is 38.8 Å². The smallest absolute Gasteiger partial charge is 0.159 e. The summed E-state index contributed by atoms with van der Waals surface area (Å²) in [6.45, 7) is 12.4. The van der Waals surface area contributed by atoms with Gasteiger partial charge in [-0.2, -0.15) is 5.10 Å². The summed E-state index contributed by atoms with van der Waals surface area (Å²) in [7, 11) is 0. The highest BCUT2D eigenvalue weighted by Crippen LogP contribution is 2.34. The van der Waals surface area contributed by atoms with Crippen molar-refractivity contribution in [3.63, 3.8) is 0 Å². The Labute approximate surface area is 225 Å². The molecule has 1 saturated carbocycles. The van der Waals surface area contributed by atoms with E-state index < -0.39 is 0 Å². The summed E-state index contributed by atoms with van der Waals surface area (Å²) in [6.07, 6.45) is 11.6. The molecule has 190 valence electrons. The van der Waals surface area contributed by atoms with E-state index in [1.165, 1.54) is 24.1 Å². The standard InChI is InChI=1S/C31H30N6S/c1-5-20(16-23(6-2)33-19(4)21-8-7-9-21)22-11-12-25-24(17-22)28(37-36-25)31-34-26-14-15-32-30(29(26)35-31)27-13-10-18(3)38-27/h5-6,10-17,21,33H,2,4,7-9H2,1,3H3,(H,34,35)(H,36,37)/b20-5+,23-16+. The third-order valence-electron chi connectivity index (χ3n) is 7.24. The lowest BCUT2D eigenvalue weighted by Gasteiger charge is -2.28. The van der Waals surface area contributed by atoms with Crippen LogP contribution in [0.5, 0.6) is 0 Å². The van der Waals surface area contributed by atoms with Crippen molar-refractivity contribution < 1.29 is 0 Å². The van der Waals surface area contributed by atoms with Gasteiger partial charge in [-0.1, -0.05) is 31.7 Å². The van der Waals surface area contributed by atoms with Crippen LogP contribution in [0.3, 0.4) is 0 Å². The lowest BCUT2D eigenvalue weighted by atomic mass is 9.83. The van der Waals surface area contributed by atoms with E-state index in [1.54, 1.807) is 11.3 Å². The largest absolute Gasteiger partial charge is 0.359 e. The van der Waals surface area contributed by atoms with Crippen LogP contribution in [0.25, 0.3) is 49.6 Å². The summed E-state index contributed by atoms with van der Waals surface area (Å²) in [5.74, 6) is 1.27. The van der Waals surface area contributed by atoms with Gasteiger partial charge in [0.1, 0.15) is 16.9 Å². The topological polar surface area (TPSA) is 82.3 Å². The Kier molecular flexibility index (Phi) is 6.29. The Balaban J connectivity index is 1.37. The Morgan fingerprint density at radius 1 is 1.13 bits per heavy atom. The summed E-state index contributed by atoms with van der Waals surface area (Å²) in [5.41, 5.74) is 8.61. The highest BCUT2D eigenvalue weighted by molar-refractivity contribution is 7.15. The van der Waals surface area contributed by atoms with Crippen molar-refractivity contribution in [3.05, 3.63) is 95.8 Å². The van der Waals surface area contributed by atoms with Crippen LogP contribution in [0.2, 0.25) is 0 Å². The predicted molar refractivity (Wildman–Crippen MR) is 159 cm³/mol. The molecule has 1 aromatic carbocycles. The quantitative estimate of drug-likeness (QED) is 0.182. The summed E-state index contributed by atoms with van der Waals surface area (Å²) in [5, 5.41) is 12.3. The zero-order chi connectivity index (χ0) is 26.2. The first kappa shape index (κ1) is 24.1. The van der Waals surface area contributed by atoms with E-state index in [-0.39, 0.29) is 0 Å². The number of aryl methyl sites for hydroxylation is 1. The fourth-order valence-corrected chi connectivity index (χ4v) is 5.72. The summed E-state index contributed by atoms with van der Waals surface area (Å²) < 4.78 is 0. The van der Waals surface area contributed by atoms with E-state index in [9.17, 15) is 0 Å². The summed E-state index contributed by atoms with van der Waals surface area (Å²) in [6, 6.07) is 12.5. The van der Waals surface area contributed by atoms with Gasteiger partial charge in [0.05, 0.1) is 15.9 Å². The number of thiophene rings is 1. The maximum atomic E-state index is 4.96. The molecular formula is C31H30N6S. The summed E-state index contributed by atoms with van der Waals surface area (Å²) in [4.78, 5) is 15.4. The minimum Gasteiger partial charge on any atom is -0.359 e. The van der Waals surface area contributed by atoms with Crippen LogP contribution in [-0.2, 0) is 0 Å². The monoisotopic (exact) mass is 518 g/mol. The number of fused-ring (bicyclic) bond motifs is 2. The van der Waals surface area contributed by atoms with Gasteiger partial charge in [-0.25, -0.2) is 4.98 Å². The highest BCUT2D eigenvalue weighted by Gasteiger charge is 2.21. The van der Waals surface area contributed by atoms with E-state index in [4.69, 9.17) is 4.98 Å².